The second-order valence-electron chi connectivity index (χ2n) is 7.70. The van der Waals surface area contributed by atoms with Crippen LogP contribution in [0.5, 0.6) is 0 Å². The van der Waals surface area contributed by atoms with Crippen molar-refractivity contribution in [2.24, 2.45) is 0 Å². The van der Waals surface area contributed by atoms with Gasteiger partial charge < -0.3 is 16.0 Å². The van der Waals surface area contributed by atoms with Crippen molar-refractivity contribution in [1.82, 2.24) is 10.6 Å². The first-order valence-electron chi connectivity index (χ1n) is 10.3. The number of carbonyl (C=O) groups excluding carboxylic acids is 1. The second-order valence-corrected chi connectivity index (χ2v) is 10.5. The van der Waals surface area contributed by atoms with Crippen molar-refractivity contribution in [3.63, 3.8) is 0 Å². The van der Waals surface area contributed by atoms with Gasteiger partial charge in [-0.3, -0.25) is 4.79 Å². The van der Waals surface area contributed by atoms with Crippen LogP contribution in [-0.2, 0) is 11.2 Å². The SMILES string of the molecule is Cc1ccc(C)c(NC(=S)NC(NC(=O)Cc2ccc(-c3ccccc3)cc2)C(Cl)(Cl)Cl)c1. The molecular weight excluding hydrogens is 497 g/mol. The van der Waals surface area contributed by atoms with Crippen molar-refractivity contribution in [3.05, 3.63) is 89.5 Å². The molecule has 4 nitrogen and oxygen atoms in total. The summed E-state index contributed by atoms with van der Waals surface area (Å²) in [6.45, 7) is 3.94. The molecule has 1 atom stereocenters. The number of nitrogens with one attached hydrogen (secondary N) is 3. The molecule has 0 radical (unpaired) electrons. The molecule has 1 amide bonds. The molecule has 3 aromatic carbocycles. The summed E-state index contributed by atoms with van der Waals surface area (Å²) in [6.07, 6.45) is -0.894. The second kappa shape index (κ2) is 11.2. The molecule has 8 heteroatoms. The van der Waals surface area contributed by atoms with Gasteiger partial charge in [-0.25, -0.2) is 0 Å². The Labute approximate surface area is 214 Å². The zero-order valence-corrected chi connectivity index (χ0v) is 21.2. The van der Waals surface area contributed by atoms with Gasteiger partial charge in [-0.2, -0.15) is 0 Å². The van der Waals surface area contributed by atoms with E-state index in [0.717, 1.165) is 33.5 Å². The number of aryl methyl sites for hydroxylation is 2. The summed E-state index contributed by atoms with van der Waals surface area (Å²) in [4.78, 5) is 12.7. The van der Waals surface area contributed by atoms with Gasteiger partial charge in [0.05, 0.1) is 6.42 Å². The lowest BCUT2D eigenvalue weighted by Gasteiger charge is -2.28. The first-order chi connectivity index (χ1) is 15.6. The molecule has 0 aliphatic rings. The van der Waals surface area contributed by atoms with Crippen LogP contribution in [0.2, 0.25) is 0 Å². The van der Waals surface area contributed by atoms with Crippen molar-refractivity contribution in [2.45, 2.75) is 30.2 Å². The van der Waals surface area contributed by atoms with E-state index < -0.39 is 9.96 Å². The first kappa shape index (κ1) is 25.3. The van der Waals surface area contributed by atoms with Crippen LogP contribution in [0.25, 0.3) is 11.1 Å². The molecule has 33 heavy (non-hydrogen) atoms. The highest BCUT2D eigenvalue weighted by Crippen LogP contribution is 2.29. The van der Waals surface area contributed by atoms with Gasteiger partial charge in [0.15, 0.2) is 5.11 Å². The van der Waals surface area contributed by atoms with Gasteiger partial charge in [-0.1, -0.05) is 102 Å². The molecular formula is C25H24Cl3N3OS. The Morgan fingerprint density at radius 2 is 1.55 bits per heavy atom. The summed E-state index contributed by atoms with van der Waals surface area (Å²) < 4.78 is -1.82. The molecule has 172 valence electrons. The molecule has 1 unspecified atom stereocenters. The highest BCUT2D eigenvalue weighted by molar-refractivity contribution is 7.80. The summed E-state index contributed by atoms with van der Waals surface area (Å²) in [7, 11) is 0. The van der Waals surface area contributed by atoms with Gasteiger partial charge in [0.2, 0.25) is 9.70 Å². The average Bonchev–Trinajstić information content (AvgIpc) is 2.76. The number of benzene rings is 3. The molecule has 0 aromatic heterocycles. The lowest BCUT2D eigenvalue weighted by atomic mass is 10.0. The summed E-state index contributed by atoms with van der Waals surface area (Å²) in [5.41, 5.74) is 5.95. The minimum Gasteiger partial charge on any atom is -0.339 e. The quantitative estimate of drug-likeness (QED) is 0.202. The fraction of sp³-hybridized carbons (Fsp3) is 0.200. The lowest BCUT2D eigenvalue weighted by molar-refractivity contribution is -0.121. The van der Waals surface area contributed by atoms with Gasteiger partial charge in [0, 0.05) is 5.69 Å². The number of carbonyl (C=O) groups is 1. The van der Waals surface area contributed by atoms with E-state index in [1.165, 1.54) is 0 Å². The maximum atomic E-state index is 12.7. The highest BCUT2D eigenvalue weighted by Gasteiger charge is 2.34. The van der Waals surface area contributed by atoms with Gasteiger partial charge in [0.1, 0.15) is 6.17 Å². The standard InChI is InChI=1S/C25H24Cl3N3OS/c1-16-8-9-17(2)21(14-16)29-24(33)31-23(25(26,27)28)30-22(32)15-18-10-12-20(13-11-18)19-6-4-3-5-7-19/h3-14,23H,15H2,1-2H3,(H,30,32)(H2,29,31,33). The van der Waals surface area contributed by atoms with Gasteiger partial charge >= 0.3 is 0 Å². The van der Waals surface area contributed by atoms with Gasteiger partial charge in [0.25, 0.3) is 0 Å². The number of amides is 1. The van der Waals surface area contributed by atoms with Crippen LogP contribution in [0.1, 0.15) is 16.7 Å². The molecule has 0 spiro atoms. The van der Waals surface area contributed by atoms with Crippen LogP contribution in [0, 0.1) is 13.8 Å². The highest BCUT2D eigenvalue weighted by atomic mass is 35.6. The third-order valence-corrected chi connectivity index (χ3v) is 5.85. The Morgan fingerprint density at radius 1 is 0.909 bits per heavy atom. The predicted octanol–water partition coefficient (Wildman–Crippen LogP) is 6.31. The van der Waals surface area contributed by atoms with E-state index in [4.69, 9.17) is 47.0 Å². The first-order valence-corrected chi connectivity index (χ1v) is 11.8. The molecule has 3 N–H and O–H groups in total. The third kappa shape index (κ3) is 7.61. The number of hydrogen-bond donors (Lipinski definition) is 3. The molecule has 0 saturated carbocycles. The van der Waals surface area contributed by atoms with Gasteiger partial charge in [-0.05, 0) is 59.9 Å². The molecule has 0 saturated heterocycles. The van der Waals surface area contributed by atoms with Crippen LogP contribution >= 0.6 is 47.0 Å². The zero-order chi connectivity index (χ0) is 24.0. The van der Waals surface area contributed by atoms with Gasteiger partial charge in [-0.15, -0.1) is 0 Å². The summed E-state index contributed by atoms with van der Waals surface area (Å²) >= 11 is 23.7. The Balaban J connectivity index is 1.62. The van der Waals surface area contributed by atoms with Crippen molar-refractivity contribution < 1.29 is 4.79 Å². The van der Waals surface area contributed by atoms with E-state index in [1.54, 1.807) is 0 Å². The largest absolute Gasteiger partial charge is 0.339 e. The van der Waals surface area contributed by atoms with Crippen molar-refractivity contribution >= 4 is 63.7 Å². The number of alkyl halides is 3. The summed E-state index contributed by atoms with van der Waals surface area (Å²) in [5, 5.41) is 8.93. The van der Waals surface area contributed by atoms with Crippen molar-refractivity contribution in [1.29, 1.82) is 0 Å². The number of halogens is 3. The van der Waals surface area contributed by atoms with Crippen molar-refractivity contribution in [3.8, 4) is 11.1 Å². The maximum absolute atomic E-state index is 12.7. The predicted molar refractivity (Wildman–Crippen MR) is 143 cm³/mol. The lowest BCUT2D eigenvalue weighted by Crippen LogP contribution is -2.56. The van der Waals surface area contributed by atoms with E-state index in [9.17, 15) is 4.79 Å². The molecule has 0 fully saturated rings. The van der Waals surface area contributed by atoms with Crippen LogP contribution in [0.3, 0.4) is 0 Å². The monoisotopic (exact) mass is 519 g/mol. The molecule has 3 rings (SSSR count). The summed E-state index contributed by atoms with van der Waals surface area (Å²) in [5.74, 6) is -0.305. The maximum Gasteiger partial charge on any atom is 0.228 e. The van der Waals surface area contributed by atoms with Crippen LogP contribution in [0.4, 0.5) is 5.69 Å². The van der Waals surface area contributed by atoms with E-state index in [1.807, 2.05) is 86.6 Å². The Morgan fingerprint density at radius 3 is 2.18 bits per heavy atom. The third-order valence-electron chi connectivity index (χ3n) is 4.98. The van der Waals surface area contributed by atoms with Crippen LogP contribution in [0.15, 0.2) is 72.8 Å². The molecule has 0 aliphatic heterocycles. The molecule has 0 aliphatic carbocycles. The van der Waals surface area contributed by atoms with E-state index in [-0.39, 0.29) is 17.4 Å². The van der Waals surface area contributed by atoms with E-state index in [0.29, 0.717) is 0 Å². The van der Waals surface area contributed by atoms with E-state index in [2.05, 4.69) is 16.0 Å². The molecule has 0 bridgehead atoms. The number of hydrogen-bond acceptors (Lipinski definition) is 2. The zero-order valence-electron chi connectivity index (χ0n) is 18.2. The molecule has 0 heterocycles. The average molecular weight is 521 g/mol. The fourth-order valence-corrected chi connectivity index (χ4v) is 3.76. The van der Waals surface area contributed by atoms with Crippen LogP contribution < -0.4 is 16.0 Å². The van der Waals surface area contributed by atoms with E-state index >= 15 is 0 Å². The minimum atomic E-state index is -1.82. The number of thiocarbonyl (C=S) groups is 1. The van der Waals surface area contributed by atoms with Crippen molar-refractivity contribution in [2.75, 3.05) is 5.32 Å². The Kier molecular flexibility index (Phi) is 8.60. The Bertz CT molecular complexity index is 1120. The normalized spacial score (nSPS) is 12.0. The topological polar surface area (TPSA) is 53.2 Å². The Hall–Kier alpha value is -2.31. The number of anilines is 1. The number of rotatable bonds is 6. The minimum absolute atomic E-state index is 0.130. The fourth-order valence-electron chi connectivity index (χ4n) is 3.20. The summed E-state index contributed by atoms with van der Waals surface area (Å²) in [6, 6.07) is 23.7. The molecule has 3 aromatic rings. The smallest absolute Gasteiger partial charge is 0.228 e. The van der Waals surface area contributed by atoms with Crippen LogP contribution in [-0.4, -0.2) is 21.0 Å².